The average Bonchev–Trinajstić information content (AvgIpc) is 3.12. The van der Waals surface area contributed by atoms with Gasteiger partial charge in [0.25, 0.3) is 0 Å². The van der Waals surface area contributed by atoms with Gasteiger partial charge in [-0.1, -0.05) is 48.5 Å². The molecule has 0 saturated heterocycles. The van der Waals surface area contributed by atoms with E-state index in [0.29, 0.717) is 11.7 Å². The maximum absolute atomic E-state index is 5.42. The van der Waals surface area contributed by atoms with Crippen molar-refractivity contribution in [1.82, 2.24) is 9.78 Å². The summed E-state index contributed by atoms with van der Waals surface area (Å²) in [6.07, 6.45) is 1.96. The van der Waals surface area contributed by atoms with E-state index in [9.17, 15) is 0 Å². The molecule has 0 saturated carbocycles. The van der Waals surface area contributed by atoms with Crippen molar-refractivity contribution in [1.29, 1.82) is 0 Å². The molecule has 5 heteroatoms. The fourth-order valence-electron chi connectivity index (χ4n) is 3.22. The normalized spacial score (nSPS) is 10.8. The number of aryl methyl sites for hydroxylation is 2. The molecule has 4 rings (SSSR count). The number of aromatic nitrogens is 2. The van der Waals surface area contributed by atoms with Crippen LogP contribution < -0.4 is 10.6 Å². The Morgan fingerprint density at radius 2 is 1.75 bits per heavy atom. The fraction of sp³-hybridized carbons (Fsp3) is 0.130. The minimum atomic E-state index is 0.527. The van der Waals surface area contributed by atoms with Crippen LogP contribution in [0, 0.1) is 13.8 Å². The number of benzene rings is 3. The molecule has 1 aromatic heterocycles. The van der Waals surface area contributed by atoms with E-state index in [1.54, 1.807) is 0 Å². The summed E-state index contributed by atoms with van der Waals surface area (Å²) >= 11 is 5.42. The minimum Gasteiger partial charge on any atom is -0.332 e. The Morgan fingerprint density at radius 1 is 0.929 bits per heavy atom. The van der Waals surface area contributed by atoms with Crippen molar-refractivity contribution in [3.05, 3.63) is 89.6 Å². The van der Waals surface area contributed by atoms with Gasteiger partial charge in [0, 0.05) is 18.0 Å². The Morgan fingerprint density at radius 3 is 2.61 bits per heavy atom. The smallest absolute Gasteiger partial charge is 0.176 e. The van der Waals surface area contributed by atoms with Gasteiger partial charge in [-0.3, -0.25) is 4.68 Å². The molecule has 28 heavy (non-hydrogen) atoms. The largest absolute Gasteiger partial charge is 0.332 e. The molecule has 0 unspecified atom stereocenters. The van der Waals surface area contributed by atoms with Crippen LogP contribution >= 0.6 is 12.2 Å². The average molecular weight is 387 g/mol. The van der Waals surface area contributed by atoms with Gasteiger partial charge in [0.1, 0.15) is 0 Å². The molecule has 0 aliphatic carbocycles. The maximum atomic E-state index is 5.42. The third-order valence-corrected chi connectivity index (χ3v) is 5.06. The van der Waals surface area contributed by atoms with E-state index in [4.69, 9.17) is 12.2 Å². The Hall–Kier alpha value is -3.18. The second kappa shape index (κ2) is 7.82. The lowest BCUT2D eigenvalue weighted by Crippen LogP contribution is -2.19. The zero-order valence-electron chi connectivity index (χ0n) is 15.9. The molecule has 0 aliphatic rings. The van der Waals surface area contributed by atoms with E-state index in [0.717, 1.165) is 11.5 Å². The molecule has 4 aromatic rings. The first-order valence-corrected chi connectivity index (χ1v) is 9.65. The standard InChI is InChI=1S/C23H22N4S/c1-16-10-11-20(14-17(16)2)24-23(28)25-22-12-13-27(26-22)15-19-8-5-7-18-6-3-4-9-21(18)19/h3-14H,15H2,1-2H3,(H2,24,25,26,28). The first-order valence-electron chi connectivity index (χ1n) is 9.24. The molecule has 3 aromatic carbocycles. The van der Waals surface area contributed by atoms with Crippen LogP contribution in [0.25, 0.3) is 10.8 Å². The van der Waals surface area contributed by atoms with Crippen molar-refractivity contribution in [3.8, 4) is 0 Å². The van der Waals surface area contributed by atoms with Gasteiger partial charge >= 0.3 is 0 Å². The quantitative estimate of drug-likeness (QED) is 0.454. The van der Waals surface area contributed by atoms with E-state index in [2.05, 4.69) is 84.2 Å². The molecule has 0 radical (unpaired) electrons. The van der Waals surface area contributed by atoms with E-state index in [-0.39, 0.29) is 0 Å². The number of rotatable bonds is 4. The first kappa shape index (κ1) is 18.2. The Balaban J connectivity index is 1.44. The highest BCUT2D eigenvalue weighted by molar-refractivity contribution is 7.80. The molecule has 4 nitrogen and oxygen atoms in total. The number of hydrogen-bond donors (Lipinski definition) is 2. The van der Waals surface area contributed by atoms with Gasteiger partial charge < -0.3 is 10.6 Å². The molecule has 0 aliphatic heterocycles. The monoisotopic (exact) mass is 386 g/mol. The topological polar surface area (TPSA) is 41.9 Å². The summed E-state index contributed by atoms with van der Waals surface area (Å²) < 4.78 is 1.92. The van der Waals surface area contributed by atoms with Crippen molar-refractivity contribution in [2.45, 2.75) is 20.4 Å². The van der Waals surface area contributed by atoms with E-state index in [1.807, 2.05) is 23.0 Å². The molecule has 0 amide bonds. The highest BCUT2D eigenvalue weighted by Gasteiger charge is 2.06. The van der Waals surface area contributed by atoms with Crippen molar-refractivity contribution in [2.24, 2.45) is 0 Å². The molecule has 0 spiro atoms. The highest BCUT2D eigenvalue weighted by atomic mass is 32.1. The number of nitrogens with zero attached hydrogens (tertiary/aromatic N) is 2. The van der Waals surface area contributed by atoms with Crippen LogP contribution in [0.4, 0.5) is 11.5 Å². The SMILES string of the molecule is Cc1ccc(NC(=S)Nc2ccn(Cc3cccc4ccccc34)n2)cc1C. The minimum absolute atomic E-state index is 0.527. The predicted molar refractivity (Wildman–Crippen MR) is 121 cm³/mol. The number of anilines is 2. The van der Waals surface area contributed by atoms with Gasteiger partial charge in [-0.2, -0.15) is 5.10 Å². The van der Waals surface area contributed by atoms with Crippen LogP contribution in [-0.2, 0) is 6.54 Å². The summed E-state index contributed by atoms with van der Waals surface area (Å²) in [5, 5.41) is 14.0. The zero-order chi connectivity index (χ0) is 19.5. The van der Waals surface area contributed by atoms with Crippen molar-refractivity contribution in [2.75, 3.05) is 10.6 Å². The third-order valence-electron chi connectivity index (χ3n) is 4.86. The van der Waals surface area contributed by atoms with Crippen LogP contribution in [0.5, 0.6) is 0 Å². The molecular formula is C23H22N4S. The second-order valence-electron chi connectivity index (χ2n) is 6.91. The van der Waals surface area contributed by atoms with E-state index < -0.39 is 0 Å². The summed E-state index contributed by atoms with van der Waals surface area (Å²) in [5.41, 5.74) is 4.70. The zero-order valence-corrected chi connectivity index (χ0v) is 16.8. The molecular weight excluding hydrogens is 364 g/mol. The van der Waals surface area contributed by atoms with Crippen molar-refractivity contribution < 1.29 is 0 Å². The molecule has 1 heterocycles. The summed E-state index contributed by atoms with van der Waals surface area (Å²) in [6.45, 7) is 4.89. The van der Waals surface area contributed by atoms with E-state index in [1.165, 1.54) is 27.5 Å². The molecule has 2 N–H and O–H groups in total. The van der Waals surface area contributed by atoms with Gasteiger partial charge in [-0.05, 0) is 65.7 Å². The van der Waals surface area contributed by atoms with Crippen molar-refractivity contribution in [3.63, 3.8) is 0 Å². The molecule has 140 valence electrons. The van der Waals surface area contributed by atoms with Gasteiger partial charge in [0.2, 0.25) is 0 Å². The summed E-state index contributed by atoms with van der Waals surface area (Å²) in [5.74, 6) is 0.724. The summed E-state index contributed by atoms with van der Waals surface area (Å²) in [6, 6.07) is 22.9. The Kier molecular flexibility index (Phi) is 5.08. The highest BCUT2D eigenvalue weighted by Crippen LogP contribution is 2.20. The van der Waals surface area contributed by atoms with Crippen LogP contribution in [0.2, 0.25) is 0 Å². The maximum Gasteiger partial charge on any atom is 0.176 e. The Labute approximate surface area is 170 Å². The van der Waals surface area contributed by atoms with Crippen LogP contribution in [0.1, 0.15) is 16.7 Å². The number of hydrogen-bond acceptors (Lipinski definition) is 2. The van der Waals surface area contributed by atoms with Gasteiger partial charge in [0.05, 0.1) is 6.54 Å². The Bertz CT molecular complexity index is 1140. The lowest BCUT2D eigenvalue weighted by atomic mass is 10.0. The number of nitrogens with one attached hydrogen (secondary N) is 2. The summed E-state index contributed by atoms with van der Waals surface area (Å²) in [7, 11) is 0. The molecule has 0 fully saturated rings. The fourth-order valence-corrected chi connectivity index (χ4v) is 3.44. The summed E-state index contributed by atoms with van der Waals surface area (Å²) in [4.78, 5) is 0. The molecule has 0 atom stereocenters. The second-order valence-corrected chi connectivity index (χ2v) is 7.32. The van der Waals surface area contributed by atoms with Gasteiger partial charge in [-0.15, -0.1) is 0 Å². The third kappa shape index (κ3) is 4.05. The number of thiocarbonyl (C=S) groups is 1. The van der Waals surface area contributed by atoms with Crippen LogP contribution in [0.15, 0.2) is 72.9 Å². The van der Waals surface area contributed by atoms with E-state index >= 15 is 0 Å². The molecule has 0 bridgehead atoms. The lowest BCUT2D eigenvalue weighted by molar-refractivity contribution is 0.693. The number of fused-ring (bicyclic) bond motifs is 1. The van der Waals surface area contributed by atoms with Gasteiger partial charge in [0.15, 0.2) is 10.9 Å². The van der Waals surface area contributed by atoms with Crippen molar-refractivity contribution >= 4 is 39.6 Å². The first-order chi connectivity index (χ1) is 13.6. The van der Waals surface area contributed by atoms with Crippen LogP contribution in [-0.4, -0.2) is 14.9 Å². The predicted octanol–water partition coefficient (Wildman–Crippen LogP) is 5.51. The van der Waals surface area contributed by atoms with Crippen LogP contribution in [0.3, 0.4) is 0 Å². The lowest BCUT2D eigenvalue weighted by Gasteiger charge is -2.10. The van der Waals surface area contributed by atoms with Gasteiger partial charge in [-0.25, -0.2) is 0 Å².